The number of alkyl halides is 3. The molecule has 0 spiro atoms. The molecule has 2 amide bonds. The normalized spacial score (nSPS) is 12.1. The minimum absolute atomic E-state index is 0.0577. The number of rotatable bonds is 10. The van der Waals surface area contributed by atoms with Crippen LogP contribution in [-0.2, 0) is 22.8 Å². The zero-order valence-corrected chi connectivity index (χ0v) is 25.6. The molecule has 3 aromatic carbocycles. The largest absolute Gasteiger partial charge is 0.493 e. The van der Waals surface area contributed by atoms with Gasteiger partial charge in [0, 0.05) is 18.3 Å². The Bertz CT molecular complexity index is 1490. The first-order valence-corrected chi connectivity index (χ1v) is 14.9. The quantitative estimate of drug-likeness (QED) is 0.235. The van der Waals surface area contributed by atoms with Crippen molar-refractivity contribution in [1.29, 1.82) is 0 Å². The van der Waals surface area contributed by atoms with Gasteiger partial charge < -0.3 is 19.1 Å². The van der Waals surface area contributed by atoms with Crippen LogP contribution in [-0.4, -0.2) is 32.5 Å². The minimum atomic E-state index is -4.73. The van der Waals surface area contributed by atoms with E-state index in [1.165, 1.54) is 19.2 Å². The molecule has 0 aromatic heterocycles. The Morgan fingerprint density at radius 2 is 1.48 bits per heavy atom. The molecule has 1 N–H and O–H groups in total. The van der Waals surface area contributed by atoms with Crippen LogP contribution in [0.1, 0.15) is 75.6 Å². The molecule has 42 heavy (non-hydrogen) atoms. The molecular weight excluding hydrogens is 569 g/mol. The number of urea groups is 1. The smallest absolute Gasteiger partial charge is 0.416 e. The van der Waals surface area contributed by atoms with Crippen LogP contribution in [0.5, 0.6) is 11.5 Å². The lowest BCUT2D eigenvalue weighted by atomic mass is 9.92. The van der Waals surface area contributed by atoms with E-state index in [2.05, 4.69) is 33.0 Å². The van der Waals surface area contributed by atoms with Crippen molar-refractivity contribution in [3.05, 3.63) is 82.9 Å². The second-order valence-electron chi connectivity index (χ2n) is 10.8. The number of amides is 2. The lowest BCUT2D eigenvalue weighted by Crippen LogP contribution is -2.40. The molecule has 0 atom stereocenters. The maximum absolute atomic E-state index is 13.6. The van der Waals surface area contributed by atoms with Crippen LogP contribution in [0.2, 0.25) is 0 Å². The van der Waals surface area contributed by atoms with Crippen molar-refractivity contribution in [3.8, 4) is 11.5 Å². The highest BCUT2D eigenvalue weighted by Crippen LogP contribution is 2.35. The number of carbonyl (C=O) groups excluding carboxylic acids is 1. The maximum atomic E-state index is 13.6. The molecule has 0 saturated carbocycles. The highest BCUT2D eigenvalue weighted by Gasteiger charge is 2.32. The fourth-order valence-electron chi connectivity index (χ4n) is 4.44. The Morgan fingerprint density at radius 1 is 0.881 bits per heavy atom. The van der Waals surface area contributed by atoms with Crippen molar-refractivity contribution in [2.75, 3.05) is 12.4 Å². The zero-order chi connectivity index (χ0) is 31.4. The van der Waals surface area contributed by atoms with Gasteiger partial charge in [0.25, 0.3) is 0 Å². The van der Waals surface area contributed by atoms with Crippen molar-refractivity contribution in [2.45, 2.75) is 77.0 Å². The Labute approximate surface area is 245 Å². The van der Waals surface area contributed by atoms with E-state index in [1.54, 1.807) is 11.0 Å². The number of methoxy groups -OCH3 is 1. The predicted octanol–water partition coefficient (Wildman–Crippen LogP) is 8.17. The molecule has 228 valence electrons. The third-order valence-electron chi connectivity index (χ3n) is 6.72. The molecule has 0 aliphatic carbocycles. The zero-order valence-electron chi connectivity index (χ0n) is 24.7. The first-order valence-electron chi connectivity index (χ1n) is 13.5. The second kappa shape index (κ2) is 13.1. The average Bonchev–Trinajstić information content (AvgIpc) is 2.90. The Balaban J connectivity index is 1.93. The van der Waals surface area contributed by atoms with Crippen molar-refractivity contribution >= 4 is 21.8 Å². The van der Waals surface area contributed by atoms with Gasteiger partial charge in [0.05, 0.1) is 12.7 Å². The summed E-state index contributed by atoms with van der Waals surface area (Å²) >= 11 is 0. The van der Waals surface area contributed by atoms with E-state index >= 15 is 0 Å². The van der Waals surface area contributed by atoms with E-state index in [0.29, 0.717) is 11.6 Å². The van der Waals surface area contributed by atoms with E-state index < -0.39 is 26.8 Å². The van der Waals surface area contributed by atoms with Gasteiger partial charge in [-0.05, 0) is 72.7 Å². The van der Waals surface area contributed by atoms with Gasteiger partial charge in [-0.25, -0.2) is 4.79 Å². The number of hydrogen-bond donors (Lipinski definition) is 1. The summed E-state index contributed by atoms with van der Waals surface area (Å²) < 4.78 is 75.9. The van der Waals surface area contributed by atoms with Gasteiger partial charge >= 0.3 is 22.3 Å². The van der Waals surface area contributed by atoms with Crippen LogP contribution < -0.4 is 14.2 Å². The summed E-state index contributed by atoms with van der Waals surface area (Å²) in [6, 6.07) is 13.2. The molecule has 3 aromatic rings. The summed E-state index contributed by atoms with van der Waals surface area (Å²) in [6.07, 6.45) is -4.73. The maximum Gasteiger partial charge on any atom is 0.416 e. The second-order valence-corrected chi connectivity index (χ2v) is 12.4. The van der Waals surface area contributed by atoms with Crippen LogP contribution in [0.25, 0.3) is 0 Å². The molecule has 0 bridgehead atoms. The molecule has 0 saturated heterocycles. The monoisotopic (exact) mass is 606 g/mol. The number of hydrogen-bond acceptors (Lipinski definition) is 5. The Morgan fingerprint density at radius 3 is 2.00 bits per heavy atom. The predicted molar refractivity (Wildman–Crippen MR) is 157 cm³/mol. The van der Waals surface area contributed by atoms with Crippen LogP contribution in [0.4, 0.5) is 23.7 Å². The van der Waals surface area contributed by atoms with Crippen LogP contribution in [0, 0.1) is 0 Å². The van der Waals surface area contributed by atoms with E-state index in [1.807, 2.05) is 32.0 Å². The number of nitrogens with zero attached hydrogens (tertiary/aromatic N) is 1. The van der Waals surface area contributed by atoms with E-state index in [4.69, 9.17) is 8.92 Å². The lowest BCUT2D eigenvalue weighted by Gasteiger charge is -2.29. The van der Waals surface area contributed by atoms with Gasteiger partial charge in [-0.15, -0.1) is 0 Å². The number of ether oxygens (including phenoxy) is 1. The summed E-state index contributed by atoms with van der Waals surface area (Å²) in [5.74, 6) is 0.184. The van der Waals surface area contributed by atoms with E-state index in [-0.39, 0.29) is 42.0 Å². The summed E-state index contributed by atoms with van der Waals surface area (Å²) in [4.78, 5) is 14.6. The third kappa shape index (κ3) is 7.76. The number of carbonyl (C=O) groups is 1. The number of halogens is 3. The van der Waals surface area contributed by atoms with Gasteiger partial charge in [0.2, 0.25) is 0 Å². The first kappa shape index (κ1) is 32.8. The molecule has 0 fully saturated rings. The standard InChI is InChI=1S/C31H37F3N2O5S/c1-19(2)25-12-9-13-26(20(3)4)29(25)35-30(37)36(21(5)6)18-22-14-15-27(40-7)28(16-22)41-42(38,39)24-11-8-10-23(17-24)31(32,33)34/h8-17,19-21H,18H2,1-7H3,(H,35,37). The van der Waals surface area contributed by atoms with Gasteiger partial charge in [0.15, 0.2) is 11.5 Å². The van der Waals surface area contributed by atoms with Crippen LogP contribution in [0.15, 0.2) is 65.6 Å². The molecule has 0 aliphatic heterocycles. The van der Waals surface area contributed by atoms with Gasteiger partial charge in [-0.1, -0.05) is 58.0 Å². The number of anilines is 1. The fraction of sp³-hybridized carbons (Fsp3) is 0.387. The number of benzene rings is 3. The van der Waals surface area contributed by atoms with Gasteiger partial charge in [-0.2, -0.15) is 21.6 Å². The molecule has 0 heterocycles. The Hall–Kier alpha value is -3.73. The van der Waals surface area contributed by atoms with Gasteiger partial charge in [0.1, 0.15) is 4.90 Å². The molecule has 0 radical (unpaired) electrons. The average molecular weight is 607 g/mol. The third-order valence-corrected chi connectivity index (χ3v) is 7.95. The van der Waals surface area contributed by atoms with Crippen LogP contribution in [0.3, 0.4) is 0 Å². The summed E-state index contributed by atoms with van der Waals surface area (Å²) in [7, 11) is -3.34. The highest BCUT2D eigenvalue weighted by molar-refractivity contribution is 7.87. The molecule has 3 rings (SSSR count). The van der Waals surface area contributed by atoms with Crippen molar-refractivity contribution < 1.29 is 35.3 Å². The first-order chi connectivity index (χ1) is 19.5. The molecule has 11 heteroatoms. The lowest BCUT2D eigenvalue weighted by molar-refractivity contribution is -0.137. The minimum Gasteiger partial charge on any atom is -0.493 e. The number of nitrogens with one attached hydrogen (secondary N) is 1. The van der Waals surface area contributed by atoms with Crippen molar-refractivity contribution in [1.82, 2.24) is 4.90 Å². The Kier molecular flexibility index (Phi) is 10.2. The SMILES string of the molecule is COc1ccc(CN(C(=O)Nc2c(C(C)C)cccc2C(C)C)C(C)C)cc1OS(=O)(=O)c1cccc(C(F)(F)F)c1. The number of para-hydroxylation sites is 1. The van der Waals surface area contributed by atoms with Crippen molar-refractivity contribution in [2.24, 2.45) is 0 Å². The van der Waals surface area contributed by atoms with E-state index in [0.717, 1.165) is 35.0 Å². The summed E-state index contributed by atoms with van der Waals surface area (Å²) in [6.45, 7) is 12.0. The molecule has 7 nitrogen and oxygen atoms in total. The molecule has 0 unspecified atom stereocenters. The van der Waals surface area contributed by atoms with Crippen molar-refractivity contribution in [3.63, 3.8) is 0 Å². The summed E-state index contributed by atoms with van der Waals surface area (Å²) in [5.41, 5.74) is 2.20. The topological polar surface area (TPSA) is 84.9 Å². The van der Waals surface area contributed by atoms with Gasteiger partial charge in [-0.3, -0.25) is 0 Å². The van der Waals surface area contributed by atoms with Crippen LogP contribution >= 0.6 is 0 Å². The fourth-order valence-corrected chi connectivity index (χ4v) is 5.42. The highest BCUT2D eigenvalue weighted by atomic mass is 32.2. The molecular formula is C31H37F3N2O5S. The summed E-state index contributed by atoms with van der Waals surface area (Å²) in [5, 5.41) is 3.10. The molecule has 0 aliphatic rings. The van der Waals surface area contributed by atoms with E-state index in [9.17, 15) is 26.4 Å².